The summed E-state index contributed by atoms with van der Waals surface area (Å²) >= 11 is 1.72. The van der Waals surface area contributed by atoms with E-state index >= 15 is 0 Å². The van der Waals surface area contributed by atoms with Gasteiger partial charge in [0, 0.05) is 10.6 Å². The Labute approximate surface area is 92.3 Å². The van der Waals surface area contributed by atoms with Gasteiger partial charge >= 0.3 is 0 Å². The molecular weight excluding hydrogens is 208 g/mol. The van der Waals surface area contributed by atoms with E-state index in [0.29, 0.717) is 5.82 Å². The molecule has 0 aliphatic rings. The molecule has 5 heteroatoms. The Balaban J connectivity index is 2.14. The first-order valence-electron chi connectivity index (χ1n) is 4.49. The number of nitrogens with one attached hydrogen (secondary N) is 2. The SMILES string of the molecule is CSc1ccc(Nc2cn[nH]c2N)cc1. The Kier molecular flexibility index (Phi) is 2.82. The molecule has 4 N–H and O–H groups in total. The molecule has 0 aliphatic heterocycles. The zero-order valence-corrected chi connectivity index (χ0v) is 9.14. The largest absolute Gasteiger partial charge is 0.382 e. The fraction of sp³-hybridized carbons (Fsp3) is 0.100. The van der Waals surface area contributed by atoms with Crippen molar-refractivity contribution in [3.63, 3.8) is 0 Å². The van der Waals surface area contributed by atoms with Crippen LogP contribution in [0.15, 0.2) is 35.4 Å². The van der Waals surface area contributed by atoms with E-state index in [1.807, 2.05) is 12.1 Å². The van der Waals surface area contributed by atoms with Crippen molar-refractivity contribution in [1.29, 1.82) is 0 Å². The molecule has 1 heterocycles. The molecule has 0 aliphatic carbocycles. The molecule has 0 radical (unpaired) electrons. The standard InChI is InChI=1S/C10H12N4S/c1-15-8-4-2-7(3-5-8)13-9-6-12-14-10(9)11/h2-6,13H,1H3,(H3,11,12,14). The minimum absolute atomic E-state index is 0.545. The molecule has 0 atom stereocenters. The Bertz CT molecular complexity index is 435. The third-order valence-corrected chi connectivity index (χ3v) is 2.78. The molecule has 1 aromatic carbocycles. The van der Waals surface area contributed by atoms with Crippen LogP contribution in [0.3, 0.4) is 0 Å². The number of nitrogens with two attached hydrogens (primary N) is 1. The van der Waals surface area contributed by atoms with Crippen molar-refractivity contribution in [2.24, 2.45) is 0 Å². The number of hydrogen-bond acceptors (Lipinski definition) is 4. The molecule has 0 saturated carbocycles. The summed E-state index contributed by atoms with van der Waals surface area (Å²) in [6.07, 6.45) is 3.72. The van der Waals surface area contributed by atoms with E-state index in [2.05, 4.69) is 33.9 Å². The molecule has 15 heavy (non-hydrogen) atoms. The van der Waals surface area contributed by atoms with Gasteiger partial charge in [0.2, 0.25) is 0 Å². The van der Waals surface area contributed by atoms with Crippen molar-refractivity contribution in [1.82, 2.24) is 10.2 Å². The van der Waals surface area contributed by atoms with Gasteiger partial charge in [0.25, 0.3) is 0 Å². The summed E-state index contributed by atoms with van der Waals surface area (Å²) in [6, 6.07) is 8.14. The Morgan fingerprint density at radius 1 is 1.33 bits per heavy atom. The van der Waals surface area contributed by atoms with Gasteiger partial charge in [-0.05, 0) is 30.5 Å². The molecule has 0 fully saturated rings. The van der Waals surface area contributed by atoms with Gasteiger partial charge < -0.3 is 11.1 Å². The van der Waals surface area contributed by atoms with Gasteiger partial charge in [-0.15, -0.1) is 11.8 Å². The monoisotopic (exact) mass is 220 g/mol. The van der Waals surface area contributed by atoms with Crippen molar-refractivity contribution in [3.8, 4) is 0 Å². The first-order chi connectivity index (χ1) is 7.29. The number of benzene rings is 1. The van der Waals surface area contributed by atoms with Crippen LogP contribution in [0.2, 0.25) is 0 Å². The summed E-state index contributed by atoms with van der Waals surface area (Å²) in [6.45, 7) is 0. The molecular formula is C10H12N4S. The Morgan fingerprint density at radius 2 is 2.07 bits per heavy atom. The maximum Gasteiger partial charge on any atom is 0.143 e. The van der Waals surface area contributed by atoms with Crippen LogP contribution in [0.1, 0.15) is 0 Å². The fourth-order valence-electron chi connectivity index (χ4n) is 1.23. The second kappa shape index (κ2) is 4.27. The number of H-pyrrole nitrogens is 1. The summed E-state index contributed by atoms with van der Waals surface area (Å²) in [4.78, 5) is 1.24. The summed E-state index contributed by atoms with van der Waals surface area (Å²) in [7, 11) is 0. The van der Waals surface area contributed by atoms with E-state index in [1.54, 1.807) is 18.0 Å². The highest BCUT2D eigenvalue weighted by Gasteiger charge is 2.00. The summed E-state index contributed by atoms with van der Waals surface area (Å²) in [5.74, 6) is 0.545. The second-order valence-electron chi connectivity index (χ2n) is 3.05. The average Bonchev–Trinajstić information content (AvgIpc) is 2.66. The fourth-order valence-corrected chi connectivity index (χ4v) is 1.63. The van der Waals surface area contributed by atoms with Gasteiger partial charge in [-0.1, -0.05) is 0 Å². The van der Waals surface area contributed by atoms with Crippen LogP contribution < -0.4 is 11.1 Å². The highest BCUT2D eigenvalue weighted by Crippen LogP contribution is 2.22. The van der Waals surface area contributed by atoms with E-state index in [-0.39, 0.29) is 0 Å². The minimum atomic E-state index is 0.545. The lowest BCUT2D eigenvalue weighted by Gasteiger charge is -2.04. The maximum atomic E-state index is 5.66. The number of thioether (sulfide) groups is 1. The van der Waals surface area contributed by atoms with Crippen molar-refractivity contribution in [2.45, 2.75) is 4.90 Å². The second-order valence-corrected chi connectivity index (χ2v) is 3.93. The number of aromatic amines is 1. The van der Waals surface area contributed by atoms with E-state index in [1.165, 1.54) is 4.90 Å². The first kappa shape index (κ1) is 9.92. The van der Waals surface area contributed by atoms with Crippen LogP contribution >= 0.6 is 11.8 Å². The summed E-state index contributed by atoms with van der Waals surface area (Å²) in [5.41, 5.74) is 7.46. The predicted octanol–water partition coefficient (Wildman–Crippen LogP) is 2.46. The van der Waals surface area contributed by atoms with E-state index in [9.17, 15) is 0 Å². The normalized spacial score (nSPS) is 10.2. The van der Waals surface area contributed by atoms with Crippen molar-refractivity contribution >= 4 is 29.0 Å². The van der Waals surface area contributed by atoms with Gasteiger partial charge in [-0.3, -0.25) is 5.10 Å². The van der Waals surface area contributed by atoms with Gasteiger partial charge in [0.05, 0.1) is 6.20 Å². The van der Waals surface area contributed by atoms with E-state index in [0.717, 1.165) is 11.4 Å². The number of hydrogen-bond donors (Lipinski definition) is 3. The highest BCUT2D eigenvalue weighted by molar-refractivity contribution is 7.98. The van der Waals surface area contributed by atoms with E-state index in [4.69, 9.17) is 5.73 Å². The topological polar surface area (TPSA) is 66.7 Å². The average molecular weight is 220 g/mol. The molecule has 0 bridgehead atoms. The maximum absolute atomic E-state index is 5.66. The molecule has 0 saturated heterocycles. The summed E-state index contributed by atoms with van der Waals surface area (Å²) in [5, 5.41) is 9.68. The van der Waals surface area contributed by atoms with Gasteiger partial charge in [0.15, 0.2) is 0 Å². The third-order valence-electron chi connectivity index (χ3n) is 2.04. The van der Waals surface area contributed by atoms with Crippen LogP contribution in [0.4, 0.5) is 17.2 Å². The smallest absolute Gasteiger partial charge is 0.143 e. The Morgan fingerprint density at radius 3 is 2.60 bits per heavy atom. The van der Waals surface area contributed by atoms with Crippen LogP contribution in [0, 0.1) is 0 Å². The quantitative estimate of drug-likeness (QED) is 0.695. The molecule has 1 aromatic heterocycles. The van der Waals surface area contributed by atoms with Gasteiger partial charge in [-0.25, -0.2) is 0 Å². The van der Waals surface area contributed by atoms with Gasteiger partial charge in [0.1, 0.15) is 11.5 Å². The molecule has 4 nitrogen and oxygen atoms in total. The van der Waals surface area contributed by atoms with Crippen LogP contribution in [-0.4, -0.2) is 16.5 Å². The lowest BCUT2D eigenvalue weighted by molar-refractivity contribution is 1.10. The number of aromatic nitrogens is 2. The van der Waals surface area contributed by atoms with Crippen LogP contribution in [0.5, 0.6) is 0 Å². The van der Waals surface area contributed by atoms with Gasteiger partial charge in [-0.2, -0.15) is 5.10 Å². The zero-order valence-electron chi connectivity index (χ0n) is 8.32. The van der Waals surface area contributed by atoms with E-state index < -0.39 is 0 Å². The zero-order chi connectivity index (χ0) is 10.7. The molecule has 2 aromatic rings. The van der Waals surface area contributed by atoms with Crippen molar-refractivity contribution in [2.75, 3.05) is 17.3 Å². The van der Waals surface area contributed by atoms with Crippen LogP contribution in [0.25, 0.3) is 0 Å². The van der Waals surface area contributed by atoms with Crippen molar-refractivity contribution < 1.29 is 0 Å². The molecule has 2 rings (SSSR count). The number of rotatable bonds is 3. The molecule has 0 unspecified atom stereocenters. The minimum Gasteiger partial charge on any atom is -0.382 e. The highest BCUT2D eigenvalue weighted by atomic mass is 32.2. The number of nitrogen functional groups attached to an aromatic ring is 1. The first-order valence-corrected chi connectivity index (χ1v) is 5.72. The summed E-state index contributed by atoms with van der Waals surface area (Å²) < 4.78 is 0. The van der Waals surface area contributed by atoms with Crippen LogP contribution in [-0.2, 0) is 0 Å². The number of nitrogens with zero attached hydrogens (tertiary/aromatic N) is 1. The van der Waals surface area contributed by atoms with Crippen molar-refractivity contribution in [3.05, 3.63) is 30.5 Å². The molecule has 78 valence electrons. The third kappa shape index (κ3) is 2.24. The predicted molar refractivity (Wildman–Crippen MR) is 64.5 cm³/mol. The molecule has 0 amide bonds. The lowest BCUT2D eigenvalue weighted by atomic mass is 10.3. The molecule has 0 spiro atoms. The number of anilines is 3. The Hall–Kier alpha value is -1.62. The lowest BCUT2D eigenvalue weighted by Crippen LogP contribution is -1.93.